The number of H-pyrrole nitrogens is 1. The van der Waals surface area contributed by atoms with Gasteiger partial charge in [-0.05, 0) is 91.4 Å². The predicted octanol–water partition coefficient (Wildman–Crippen LogP) is 9.24. The second-order valence-corrected chi connectivity index (χ2v) is 16.8. The van der Waals surface area contributed by atoms with Crippen LogP contribution in [-0.4, -0.2) is 70.7 Å². The van der Waals surface area contributed by atoms with E-state index in [0.29, 0.717) is 42.1 Å². The summed E-state index contributed by atoms with van der Waals surface area (Å²) in [4.78, 5) is 59.3. The topological polar surface area (TPSA) is 178 Å². The molecular weight excluding hydrogens is 877 g/mol. The Morgan fingerprint density at radius 1 is 0.758 bits per heavy atom. The highest BCUT2D eigenvalue weighted by Crippen LogP contribution is 2.32. The number of unbranched alkanes of at least 4 members (excludes halogenated alkanes) is 2. The van der Waals surface area contributed by atoms with Crippen LogP contribution in [0.15, 0.2) is 113 Å². The number of hydrogen-bond acceptors (Lipinski definition) is 13. The lowest BCUT2D eigenvalue weighted by Gasteiger charge is -2.15. The van der Waals surface area contributed by atoms with Crippen molar-refractivity contribution < 1.29 is 23.8 Å². The largest absolute Gasteiger partial charge is 0.487 e. The number of fused-ring (bicyclic) bond motifs is 2. The Labute approximate surface area is 390 Å². The number of esters is 1. The smallest absolute Gasteiger partial charge is 0.343 e. The molecule has 0 saturated heterocycles. The highest BCUT2D eigenvalue weighted by Gasteiger charge is 2.26. The standard InChI is InChI=1S/C25H28N4O4S.C17H19N3O3S.C7H7N/c1-3-5-13-33-22-21(25(31)32-4-2)23-20(9-14-34-23)29(24(22)30)17-19-15-27-28(16-19)12-8-18-6-10-26-11-7-18;1-3-4-6-23-15-14(11(2)21)16-13(5-7-24-16)20(17(15)22)10-12-8-18-19-9-12;1-2-7-3-5-8-6-4-7/h6-7,9-11,14-16H,3-5,8,12-13,17H2,1-2H3;5,7-9H,3-4,6,10H2,1-2H3,(H,18,19);2-6H,1H2. The van der Waals surface area contributed by atoms with Crippen LogP contribution in [0.3, 0.4) is 0 Å². The fraction of sp³-hybridized carbons (Fsp3) is 0.306. The Balaban J connectivity index is 0.000000194. The summed E-state index contributed by atoms with van der Waals surface area (Å²) in [6.07, 6.45) is 20.3. The van der Waals surface area contributed by atoms with Crippen molar-refractivity contribution in [1.29, 1.82) is 0 Å². The molecule has 0 bridgehead atoms. The molecule has 8 aromatic heterocycles. The molecular formula is C49H54N8O7S2. The minimum Gasteiger partial charge on any atom is -0.487 e. The maximum absolute atomic E-state index is 13.5. The molecule has 1 N–H and O–H groups in total. The van der Waals surface area contributed by atoms with Gasteiger partial charge in [0.15, 0.2) is 11.5 Å². The number of thiophene rings is 2. The number of carbonyl (C=O) groups excluding carboxylic acids is 2. The van der Waals surface area contributed by atoms with E-state index in [1.54, 1.807) is 65.5 Å². The number of aromatic nitrogens is 8. The number of pyridine rings is 4. The normalized spacial score (nSPS) is 10.8. The van der Waals surface area contributed by atoms with E-state index >= 15 is 0 Å². The lowest BCUT2D eigenvalue weighted by molar-refractivity contribution is 0.0523. The molecule has 0 aliphatic heterocycles. The van der Waals surface area contributed by atoms with Crippen molar-refractivity contribution in [2.45, 2.75) is 79.4 Å². The van der Waals surface area contributed by atoms with Gasteiger partial charge in [-0.15, -0.1) is 22.7 Å². The Bertz CT molecular complexity index is 2940. The molecule has 0 aromatic carbocycles. The molecule has 8 rings (SSSR count). The number of hydrogen-bond donors (Lipinski definition) is 1. The third kappa shape index (κ3) is 12.2. The van der Waals surface area contributed by atoms with Crippen LogP contribution in [0.5, 0.6) is 11.5 Å². The Morgan fingerprint density at radius 3 is 1.86 bits per heavy atom. The summed E-state index contributed by atoms with van der Waals surface area (Å²) in [5.74, 6) is -0.461. The first-order valence-corrected chi connectivity index (χ1v) is 23.6. The predicted molar refractivity (Wildman–Crippen MR) is 260 cm³/mol. The van der Waals surface area contributed by atoms with Crippen LogP contribution in [0.4, 0.5) is 0 Å². The molecule has 0 unspecified atom stereocenters. The number of ether oxygens (including phenoxy) is 3. The number of carbonyl (C=O) groups is 2. The van der Waals surface area contributed by atoms with Gasteiger partial charge < -0.3 is 14.2 Å². The third-order valence-electron chi connectivity index (χ3n) is 10.2. The van der Waals surface area contributed by atoms with E-state index in [0.717, 1.165) is 65.6 Å². The van der Waals surface area contributed by atoms with Crippen LogP contribution in [0.1, 0.15) is 96.3 Å². The lowest BCUT2D eigenvalue weighted by Crippen LogP contribution is -2.26. The van der Waals surface area contributed by atoms with Crippen LogP contribution in [-0.2, 0) is 30.8 Å². The second-order valence-electron chi connectivity index (χ2n) is 14.9. The van der Waals surface area contributed by atoms with E-state index in [9.17, 15) is 19.2 Å². The third-order valence-corrected chi connectivity index (χ3v) is 12.1. The first kappa shape index (κ1) is 48.5. The van der Waals surface area contributed by atoms with Crippen molar-refractivity contribution in [2.75, 3.05) is 19.8 Å². The number of Topliss-reactive ketones (excluding diaryl/α,β-unsaturated/α-hetero) is 1. The molecule has 15 nitrogen and oxygen atoms in total. The maximum Gasteiger partial charge on any atom is 0.343 e. The zero-order valence-electron chi connectivity index (χ0n) is 37.6. The van der Waals surface area contributed by atoms with Crippen LogP contribution in [0.2, 0.25) is 0 Å². The van der Waals surface area contributed by atoms with Crippen molar-refractivity contribution in [2.24, 2.45) is 0 Å². The molecule has 0 fully saturated rings. The van der Waals surface area contributed by atoms with Gasteiger partial charge in [-0.3, -0.25) is 43.3 Å². The van der Waals surface area contributed by atoms with Crippen molar-refractivity contribution in [3.05, 3.63) is 157 Å². The summed E-state index contributed by atoms with van der Waals surface area (Å²) in [5.41, 5.74) is 5.52. The second kappa shape index (κ2) is 24.3. The van der Waals surface area contributed by atoms with E-state index in [4.69, 9.17) is 14.2 Å². The van der Waals surface area contributed by atoms with Crippen LogP contribution >= 0.6 is 22.7 Å². The number of ketones is 1. The molecule has 0 spiro atoms. The van der Waals surface area contributed by atoms with Crippen LogP contribution < -0.4 is 20.6 Å². The highest BCUT2D eigenvalue weighted by atomic mass is 32.1. The zero-order chi connectivity index (χ0) is 46.8. The van der Waals surface area contributed by atoms with Gasteiger partial charge in [0.25, 0.3) is 11.1 Å². The fourth-order valence-electron chi connectivity index (χ4n) is 6.85. The molecule has 0 saturated carbocycles. The average molecular weight is 931 g/mol. The van der Waals surface area contributed by atoms with Crippen molar-refractivity contribution >= 4 is 60.9 Å². The quantitative estimate of drug-likeness (QED) is 0.0464. The minimum atomic E-state index is -0.533. The summed E-state index contributed by atoms with van der Waals surface area (Å²) in [7, 11) is 0. The molecule has 8 aromatic rings. The Hall–Kier alpha value is -6.98. The first-order valence-electron chi connectivity index (χ1n) is 21.8. The number of aryl methyl sites for hydroxylation is 2. The number of rotatable bonds is 19. The van der Waals surface area contributed by atoms with Crippen molar-refractivity contribution in [3.63, 3.8) is 0 Å². The van der Waals surface area contributed by atoms with E-state index in [1.807, 2.05) is 65.0 Å². The van der Waals surface area contributed by atoms with E-state index in [-0.39, 0.29) is 40.6 Å². The Kier molecular flexibility index (Phi) is 17.9. The lowest BCUT2D eigenvalue weighted by atomic mass is 10.1. The summed E-state index contributed by atoms with van der Waals surface area (Å²) in [6.45, 7) is 13.4. The van der Waals surface area contributed by atoms with E-state index < -0.39 is 5.97 Å². The van der Waals surface area contributed by atoms with Gasteiger partial charge in [-0.25, -0.2) is 4.79 Å². The van der Waals surface area contributed by atoms with Gasteiger partial charge in [0.05, 0.1) is 71.3 Å². The molecule has 0 radical (unpaired) electrons. The SMILES string of the molecule is C=Cc1ccncc1.CCCCOc1c(C(=O)OCC)c2sccc2n(Cc2cnn(CCc3ccncc3)c2)c1=O.CCCCOc1c(C(C)=O)c2sccc2n(Cc2cn[nH]c2)c1=O. The van der Waals surface area contributed by atoms with Gasteiger partial charge in [0, 0.05) is 54.9 Å². The van der Waals surface area contributed by atoms with Gasteiger partial charge in [0.1, 0.15) is 5.56 Å². The molecule has 344 valence electrons. The zero-order valence-corrected chi connectivity index (χ0v) is 39.2. The molecule has 0 atom stereocenters. The minimum absolute atomic E-state index is 0.0620. The fourth-order valence-corrected chi connectivity index (χ4v) is 8.76. The maximum atomic E-state index is 13.5. The van der Waals surface area contributed by atoms with Crippen molar-refractivity contribution in [1.82, 2.24) is 39.1 Å². The summed E-state index contributed by atoms with van der Waals surface area (Å²) in [5, 5.41) is 14.9. The average Bonchev–Trinajstić information content (AvgIpc) is 4.19. The molecule has 17 heteroatoms. The molecule has 0 amide bonds. The monoisotopic (exact) mass is 930 g/mol. The Morgan fingerprint density at radius 2 is 1.33 bits per heavy atom. The van der Waals surface area contributed by atoms with Crippen molar-refractivity contribution in [3.8, 4) is 11.5 Å². The summed E-state index contributed by atoms with van der Waals surface area (Å²) < 4.78 is 23.5. The molecule has 66 heavy (non-hydrogen) atoms. The van der Waals surface area contributed by atoms with Gasteiger partial charge in [-0.2, -0.15) is 10.2 Å². The van der Waals surface area contributed by atoms with Gasteiger partial charge in [0.2, 0.25) is 5.75 Å². The van der Waals surface area contributed by atoms with E-state index in [2.05, 4.69) is 38.8 Å². The number of aromatic amines is 1. The molecule has 0 aliphatic carbocycles. The van der Waals surface area contributed by atoms with E-state index in [1.165, 1.54) is 35.2 Å². The summed E-state index contributed by atoms with van der Waals surface area (Å²) >= 11 is 2.85. The number of nitrogens with zero attached hydrogens (tertiary/aromatic N) is 7. The number of nitrogens with one attached hydrogen (secondary N) is 1. The van der Waals surface area contributed by atoms with Gasteiger partial charge in [-0.1, -0.05) is 39.3 Å². The van der Waals surface area contributed by atoms with Gasteiger partial charge >= 0.3 is 5.97 Å². The molecule has 8 heterocycles. The highest BCUT2D eigenvalue weighted by molar-refractivity contribution is 7.18. The summed E-state index contributed by atoms with van der Waals surface area (Å²) in [6, 6.07) is 11.5. The first-order chi connectivity index (χ1) is 32.2. The van der Waals surface area contributed by atoms with Crippen LogP contribution in [0.25, 0.3) is 26.5 Å². The van der Waals surface area contributed by atoms with Crippen LogP contribution in [0, 0.1) is 0 Å². The molecule has 0 aliphatic rings.